The van der Waals surface area contributed by atoms with Crippen LogP contribution < -0.4 is 11.1 Å². The van der Waals surface area contributed by atoms with E-state index in [0.717, 1.165) is 18.4 Å². The average molecular weight is 290 g/mol. The first-order valence-electron chi connectivity index (χ1n) is 7.40. The van der Waals surface area contributed by atoms with E-state index >= 15 is 0 Å². The van der Waals surface area contributed by atoms with Gasteiger partial charge in [0.1, 0.15) is 6.61 Å². The third kappa shape index (κ3) is 4.29. The molecule has 1 aliphatic rings. The molecule has 1 saturated heterocycles. The Bertz CT molecular complexity index is 476. The molecule has 0 spiro atoms. The molecule has 114 valence electrons. The maximum Gasteiger partial charge on any atom is 0.311 e. The van der Waals surface area contributed by atoms with Gasteiger partial charge < -0.3 is 15.8 Å². The molecule has 5 heteroatoms. The van der Waals surface area contributed by atoms with Crippen LogP contribution in [0.3, 0.4) is 0 Å². The Balaban J connectivity index is 1.95. The highest BCUT2D eigenvalue weighted by molar-refractivity contribution is 5.85. The third-order valence-corrected chi connectivity index (χ3v) is 3.84. The number of hydrogen-bond donors (Lipinski definition) is 2. The number of amides is 1. The molecule has 2 atom stereocenters. The van der Waals surface area contributed by atoms with Gasteiger partial charge in [-0.3, -0.25) is 9.59 Å². The Morgan fingerprint density at radius 1 is 1.33 bits per heavy atom. The summed E-state index contributed by atoms with van der Waals surface area (Å²) in [7, 11) is 0. The number of benzene rings is 1. The van der Waals surface area contributed by atoms with Gasteiger partial charge in [0, 0.05) is 13.1 Å². The van der Waals surface area contributed by atoms with Crippen molar-refractivity contribution in [3.8, 4) is 0 Å². The van der Waals surface area contributed by atoms with Gasteiger partial charge in [-0.05, 0) is 18.4 Å². The second-order valence-corrected chi connectivity index (χ2v) is 5.33. The number of nitrogens with two attached hydrogens (primary N) is 1. The minimum Gasteiger partial charge on any atom is -0.461 e. The first-order valence-corrected chi connectivity index (χ1v) is 7.40. The lowest BCUT2D eigenvalue weighted by Gasteiger charge is -2.22. The molecular formula is C16H22N2O3. The van der Waals surface area contributed by atoms with Crippen molar-refractivity contribution in [1.82, 2.24) is 5.32 Å². The summed E-state index contributed by atoms with van der Waals surface area (Å²) < 4.78 is 5.32. The molecule has 21 heavy (non-hydrogen) atoms. The van der Waals surface area contributed by atoms with Crippen LogP contribution in [0.25, 0.3) is 0 Å². The number of ether oxygens (including phenoxy) is 1. The fraction of sp³-hybridized carbons (Fsp3) is 0.500. The summed E-state index contributed by atoms with van der Waals surface area (Å²) in [5.74, 6) is -1.41. The van der Waals surface area contributed by atoms with E-state index in [-0.39, 0.29) is 30.9 Å². The zero-order valence-corrected chi connectivity index (χ0v) is 12.1. The van der Waals surface area contributed by atoms with Crippen molar-refractivity contribution >= 4 is 11.9 Å². The molecule has 1 aromatic rings. The first-order chi connectivity index (χ1) is 10.2. The normalized spacial score (nSPS) is 20.2. The highest BCUT2D eigenvalue weighted by atomic mass is 16.5. The van der Waals surface area contributed by atoms with Crippen LogP contribution in [0.4, 0.5) is 0 Å². The molecule has 2 rings (SSSR count). The number of esters is 1. The van der Waals surface area contributed by atoms with Crippen molar-refractivity contribution in [2.45, 2.75) is 25.9 Å². The Kier molecular flexibility index (Phi) is 5.75. The van der Waals surface area contributed by atoms with Gasteiger partial charge in [-0.15, -0.1) is 0 Å². The molecule has 1 aromatic carbocycles. The van der Waals surface area contributed by atoms with E-state index in [4.69, 9.17) is 10.5 Å². The van der Waals surface area contributed by atoms with E-state index in [1.54, 1.807) is 0 Å². The van der Waals surface area contributed by atoms with Crippen LogP contribution in [0.1, 0.15) is 24.8 Å². The minimum absolute atomic E-state index is 0.0837. The van der Waals surface area contributed by atoms with E-state index in [2.05, 4.69) is 5.32 Å². The van der Waals surface area contributed by atoms with Gasteiger partial charge in [-0.25, -0.2) is 0 Å². The molecule has 1 amide bonds. The zero-order chi connectivity index (χ0) is 15.1. The largest absolute Gasteiger partial charge is 0.461 e. The van der Waals surface area contributed by atoms with E-state index in [9.17, 15) is 9.59 Å². The zero-order valence-electron chi connectivity index (χ0n) is 12.1. The maximum atomic E-state index is 12.2. The summed E-state index contributed by atoms with van der Waals surface area (Å²) in [5.41, 5.74) is 6.63. The molecule has 1 fully saturated rings. The number of carbonyl (C=O) groups is 2. The van der Waals surface area contributed by atoms with Crippen molar-refractivity contribution in [3.05, 3.63) is 35.9 Å². The smallest absolute Gasteiger partial charge is 0.311 e. The Labute approximate surface area is 124 Å². The molecule has 2 unspecified atom stereocenters. The SMILES string of the molecule is NCC(C(=O)OCc1ccccc1)C1CCCCNC1=O. The molecule has 0 aliphatic carbocycles. The summed E-state index contributed by atoms with van der Waals surface area (Å²) in [6.07, 6.45) is 2.55. The molecule has 0 saturated carbocycles. The molecule has 0 radical (unpaired) electrons. The second kappa shape index (κ2) is 7.78. The predicted octanol–water partition coefficient (Wildman–Crippen LogP) is 1.22. The van der Waals surface area contributed by atoms with E-state index in [1.807, 2.05) is 30.3 Å². The number of hydrogen-bond acceptors (Lipinski definition) is 4. The molecule has 5 nitrogen and oxygen atoms in total. The molecule has 3 N–H and O–H groups in total. The van der Waals surface area contributed by atoms with Gasteiger partial charge in [0.25, 0.3) is 0 Å². The standard InChI is InChI=1S/C16H22N2O3/c17-10-14(13-8-4-5-9-18-15(13)19)16(20)21-11-12-6-2-1-3-7-12/h1-3,6-7,13-14H,4-5,8-11,17H2,(H,18,19). The van der Waals surface area contributed by atoms with Crippen LogP contribution in [-0.4, -0.2) is 25.0 Å². The maximum absolute atomic E-state index is 12.2. The van der Waals surface area contributed by atoms with Gasteiger partial charge in [-0.2, -0.15) is 0 Å². The molecule has 0 bridgehead atoms. The summed E-state index contributed by atoms with van der Waals surface area (Å²) >= 11 is 0. The Morgan fingerprint density at radius 2 is 2.10 bits per heavy atom. The summed E-state index contributed by atoms with van der Waals surface area (Å²) in [6, 6.07) is 9.47. The summed E-state index contributed by atoms with van der Waals surface area (Å²) in [5, 5.41) is 2.84. The lowest BCUT2D eigenvalue weighted by molar-refractivity contribution is -0.154. The van der Waals surface area contributed by atoms with Crippen molar-refractivity contribution in [2.24, 2.45) is 17.6 Å². The Morgan fingerprint density at radius 3 is 2.81 bits per heavy atom. The van der Waals surface area contributed by atoms with Crippen LogP contribution >= 0.6 is 0 Å². The van der Waals surface area contributed by atoms with Gasteiger partial charge >= 0.3 is 5.97 Å². The highest BCUT2D eigenvalue weighted by Gasteiger charge is 2.34. The molecule has 1 aliphatic heterocycles. The monoisotopic (exact) mass is 290 g/mol. The van der Waals surface area contributed by atoms with Crippen LogP contribution in [0.15, 0.2) is 30.3 Å². The topological polar surface area (TPSA) is 81.4 Å². The van der Waals surface area contributed by atoms with Crippen molar-refractivity contribution in [1.29, 1.82) is 0 Å². The first kappa shape index (κ1) is 15.5. The third-order valence-electron chi connectivity index (χ3n) is 3.84. The number of nitrogens with one attached hydrogen (secondary N) is 1. The van der Waals surface area contributed by atoms with Crippen molar-refractivity contribution in [2.75, 3.05) is 13.1 Å². The fourth-order valence-electron chi connectivity index (χ4n) is 2.61. The van der Waals surface area contributed by atoms with E-state index in [1.165, 1.54) is 0 Å². The van der Waals surface area contributed by atoms with Crippen LogP contribution in [0.5, 0.6) is 0 Å². The van der Waals surface area contributed by atoms with Crippen molar-refractivity contribution < 1.29 is 14.3 Å². The van der Waals surface area contributed by atoms with E-state index in [0.29, 0.717) is 13.0 Å². The van der Waals surface area contributed by atoms with E-state index < -0.39 is 5.92 Å². The lowest BCUT2D eigenvalue weighted by atomic mass is 9.88. The quantitative estimate of drug-likeness (QED) is 0.799. The van der Waals surface area contributed by atoms with Crippen LogP contribution in [-0.2, 0) is 20.9 Å². The average Bonchev–Trinajstić information content (AvgIpc) is 2.72. The van der Waals surface area contributed by atoms with Gasteiger partial charge in [0.2, 0.25) is 5.91 Å². The molecule has 1 heterocycles. The summed E-state index contributed by atoms with van der Waals surface area (Å²) in [6.45, 7) is 1.02. The highest BCUT2D eigenvalue weighted by Crippen LogP contribution is 2.22. The Hall–Kier alpha value is -1.88. The van der Waals surface area contributed by atoms with Gasteiger partial charge in [0.05, 0.1) is 11.8 Å². The number of rotatable bonds is 5. The van der Waals surface area contributed by atoms with Crippen LogP contribution in [0.2, 0.25) is 0 Å². The van der Waals surface area contributed by atoms with Crippen LogP contribution in [0, 0.1) is 11.8 Å². The molecular weight excluding hydrogens is 268 g/mol. The lowest BCUT2D eigenvalue weighted by Crippen LogP contribution is -2.40. The summed E-state index contributed by atoms with van der Waals surface area (Å²) in [4.78, 5) is 24.2. The number of carbonyl (C=O) groups excluding carboxylic acids is 2. The van der Waals surface area contributed by atoms with Gasteiger partial charge in [-0.1, -0.05) is 36.8 Å². The predicted molar refractivity (Wildman–Crippen MR) is 79.1 cm³/mol. The molecule has 0 aromatic heterocycles. The minimum atomic E-state index is -0.563. The van der Waals surface area contributed by atoms with Gasteiger partial charge in [0.15, 0.2) is 0 Å². The fourth-order valence-corrected chi connectivity index (χ4v) is 2.61. The van der Waals surface area contributed by atoms with Crippen molar-refractivity contribution in [3.63, 3.8) is 0 Å². The second-order valence-electron chi connectivity index (χ2n) is 5.33.